The van der Waals surface area contributed by atoms with Crippen LogP contribution in [0.3, 0.4) is 0 Å². The first-order valence-corrected chi connectivity index (χ1v) is 16.1. The molecule has 1 aliphatic carbocycles. The zero-order chi connectivity index (χ0) is 32.9. The number of H-pyrrole nitrogens is 1. The minimum Gasteiger partial charge on any atom is -0.337 e. The van der Waals surface area contributed by atoms with Crippen LogP contribution in [0.2, 0.25) is 0 Å². The van der Waals surface area contributed by atoms with Crippen LogP contribution in [0, 0.1) is 18.7 Å². The number of aryl methyl sites for hydroxylation is 1. The maximum atomic E-state index is 14.7. The lowest BCUT2D eigenvalue weighted by atomic mass is 9.96. The van der Waals surface area contributed by atoms with Crippen molar-refractivity contribution in [1.82, 2.24) is 15.3 Å². The Morgan fingerprint density at radius 2 is 1.71 bits per heavy atom. The number of rotatable bonds is 8. The summed E-state index contributed by atoms with van der Waals surface area (Å²) in [5, 5.41) is 3.06. The molecule has 2 N–H and O–H groups in total. The number of fused-ring (bicyclic) bond motifs is 1. The summed E-state index contributed by atoms with van der Waals surface area (Å²) in [7, 11) is 1.75. The molecule has 3 aromatic carbocycles. The fraction of sp³-hybridized carbons (Fsp3) is 0.308. The summed E-state index contributed by atoms with van der Waals surface area (Å²) in [4.78, 5) is 25.7. The lowest BCUT2D eigenvalue weighted by Crippen LogP contribution is -2.28. The number of nitrogens with one attached hydrogen (secondary N) is 2. The first kappa shape index (κ1) is 34.9. The van der Waals surface area contributed by atoms with E-state index in [1.54, 1.807) is 25.3 Å². The number of hydrogen-bond acceptors (Lipinski definition) is 3. The lowest BCUT2D eigenvalue weighted by molar-refractivity contribution is -0.123. The van der Waals surface area contributed by atoms with Crippen molar-refractivity contribution in [3.05, 3.63) is 119 Å². The van der Waals surface area contributed by atoms with Gasteiger partial charge in [0, 0.05) is 35.4 Å². The summed E-state index contributed by atoms with van der Waals surface area (Å²) in [6.45, 7) is 15.9. The average Bonchev–Trinajstić information content (AvgIpc) is 3.78. The third kappa shape index (κ3) is 8.13. The number of hydrogen-bond donors (Lipinski definition) is 2. The van der Waals surface area contributed by atoms with E-state index in [4.69, 9.17) is 4.98 Å². The SMILES string of the molecule is C=C/C(=C\C(=C/C)c1ccc(C)c(C(=NC)c2nc3c(-c4ccccc4F)cccc3[nH]2)c1)NC(=O)C1CCCC1.CC.CC. The molecule has 45 heavy (non-hydrogen) atoms. The highest BCUT2D eigenvalue weighted by Crippen LogP contribution is 2.31. The van der Waals surface area contributed by atoms with Crippen LogP contribution in [-0.2, 0) is 4.79 Å². The van der Waals surface area contributed by atoms with Gasteiger partial charge >= 0.3 is 0 Å². The summed E-state index contributed by atoms with van der Waals surface area (Å²) in [5.41, 5.74) is 8.02. The van der Waals surface area contributed by atoms with Crippen LogP contribution in [0.4, 0.5) is 4.39 Å². The predicted molar refractivity (Wildman–Crippen MR) is 189 cm³/mol. The van der Waals surface area contributed by atoms with Gasteiger partial charge in [0.2, 0.25) is 5.91 Å². The van der Waals surface area contributed by atoms with E-state index in [9.17, 15) is 9.18 Å². The number of aliphatic imine (C=N–C) groups is 1. The van der Waals surface area contributed by atoms with Crippen molar-refractivity contribution in [3.63, 3.8) is 0 Å². The molecular formula is C39H47FN4O. The normalized spacial score (nSPS) is 13.9. The number of carbonyl (C=O) groups is 1. The molecule has 0 atom stereocenters. The molecule has 0 radical (unpaired) electrons. The highest BCUT2D eigenvalue weighted by Gasteiger charge is 2.23. The van der Waals surface area contributed by atoms with E-state index >= 15 is 0 Å². The van der Waals surface area contributed by atoms with Gasteiger partial charge in [-0.3, -0.25) is 9.79 Å². The van der Waals surface area contributed by atoms with Crippen molar-refractivity contribution in [3.8, 4) is 11.1 Å². The number of aromatic amines is 1. The fourth-order valence-electron chi connectivity index (χ4n) is 5.53. The topological polar surface area (TPSA) is 70.1 Å². The third-order valence-electron chi connectivity index (χ3n) is 7.79. The molecule has 236 valence electrons. The van der Waals surface area contributed by atoms with E-state index in [-0.39, 0.29) is 17.6 Å². The zero-order valence-corrected chi connectivity index (χ0v) is 27.8. The minimum absolute atomic E-state index is 0.0636. The van der Waals surface area contributed by atoms with Gasteiger partial charge in [0.05, 0.1) is 11.0 Å². The van der Waals surface area contributed by atoms with Gasteiger partial charge in [-0.05, 0) is 73.7 Å². The summed E-state index contributed by atoms with van der Waals surface area (Å²) in [5.74, 6) is 0.459. The summed E-state index contributed by atoms with van der Waals surface area (Å²) in [6.07, 6.45) is 9.76. The molecule has 0 aliphatic heterocycles. The van der Waals surface area contributed by atoms with Crippen LogP contribution < -0.4 is 5.32 Å². The largest absolute Gasteiger partial charge is 0.337 e. The van der Waals surface area contributed by atoms with Crippen molar-refractivity contribution in [1.29, 1.82) is 0 Å². The standard InChI is InChI=1S/C35H35FN4O.2C2H6/c1-5-23(20-26(6-2)38-35(41)24-12-7-8-13-24)25-19-18-22(3)29(21-25)33(37-4)34-39-31-17-11-15-28(32(31)40-34)27-14-9-10-16-30(27)36;2*1-2/h5-6,9-11,14-21,24H,2,7-8,12-13H2,1,3-4H3,(H,38,41)(H,39,40);2*1-2H3/b23-5+,26-20+,37-33?;;. The van der Waals surface area contributed by atoms with Gasteiger partial charge in [0.1, 0.15) is 11.5 Å². The molecule has 5 nitrogen and oxygen atoms in total. The Hall–Kier alpha value is -4.58. The molecule has 6 heteroatoms. The number of imidazole rings is 1. The number of para-hydroxylation sites is 1. The molecule has 1 saturated carbocycles. The van der Waals surface area contributed by atoms with E-state index in [2.05, 4.69) is 40.1 Å². The summed E-state index contributed by atoms with van der Waals surface area (Å²) in [6, 6.07) is 18.7. The van der Waals surface area contributed by atoms with Gasteiger partial charge in [0.15, 0.2) is 5.82 Å². The van der Waals surface area contributed by atoms with Gasteiger partial charge in [-0.25, -0.2) is 9.37 Å². The minimum atomic E-state index is -0.289. The van der Waals surface area contributed by atoms with Crippen LogP contribution in [-0.4, -0.2) is 28.6 Å². The van der Waals surface area contributed by atoms with Gasteiger partial charge in [-0.1, -0.05) is 95.7 Å². The van der Waals surface area contributed by atoms with E-state index in [1.807, 2.05) is 78.0 Å². The first-order valence-electron chi connectivity index (χ1n) is 16.1. The van der Waals surface area contributed by atoms with Gasteiger partial charge in [0.25, 0.3) is 0 Å². The Morgan fingerprint density at radius 1 is 1.02 bits per heavy atom. The van der Waals surface area contributed by atoms with Gasteiger partial charge < -0.3 is 10.3 Å². The van der Waals surface area contributed by atoms with Gasteiger partial charge in [-0.2, -0.15) is 0 Å². The number of carbonyl (C=O) groups excluding carboxylic acids is 1. The molecule has 1 aliphatic rings. The molecular weight excluding hydrogens is 559 g/mol. The van der Waals surface area contributed by atoms with Gasteiger partial charge in [-0.15, -0.1) is 0 Å². The zero-order valence-electron chi connectivity index (χ0n) is 27.8. The molecule has 0 saturated heterocycles. The monoisotopic (exact) mass is 606 g/mol. The lowest BCUT2D eigenvalue weighted by Gasteiger charge is -2.14. The number of nitrogens with zero attached hydrogens (tertiary/aromatic N) is 2. The molecule has 1 aromatic heterocycles. The highest BCUT2D eigenvalue weighted by molar-refractivity contribution is 6.13. The van der Waals surface area contributed by atoms with Crippen LogP contribution in [0.1, 0.15) is 82.8 Å². The fourth-order valence-corrected chi connectivity index (χ4v) is 5.53. The number of halogens is 1. The third-order valence-corrected chi connectivity index (χ3v) is 7.79. The maximum absolute atomic E-state index is 14.7. The quantitative estimate of drug-likeness (QED) is 0.155. The summed E-state index contributed by atoms with van der Waals surface area (Å²) >= 11 is 0. The van der Waals surface area contributed by atoms with Crippen molar-refractivity contribution in [2.75, 3.05) is 7.05 Å². The second kappa shape index (κ2) is 17.0. The second-order valence-corrected chi connectivity index (χ2v) is 10.4. The first-order chi connectivity index (χ1) is 21.9. The molecule has 0 spiro atoms. The Labute approximate surface area is 268 Å². The van der Waals surface area contributed by atoms with E-state index < -0.39 is 0 Å². The highest BCUT2D eigenvalue weighted by atomic mass is 19.1. The molecule has 1 amide bonds. The number of allylic oxidation sites excluding steroid dienone is 4. The smallest absolute Gasteiger partial charge is 0.227 e. The van der Waals surface area contributed by atoms with E-state index in [0.717, 1.165) is 59.0 Å². The van der Waals surface area contributed by atoms with Crippen LogP contribution in [0.5, 0.6) is 0 Å². The molecule has 1 fully saturated rings. The van der Waals surface area contributed by atoms with E-state index in [1.165, 1.54) is 6.07 Å². The van der Waals surface area contributed by atoms with Crippen LogP contribution >= 0.6 is 0 Å². The average molecular weight is 607 g/mol. The van der Waals surface area contributed by atoms with Crippen LogP contribution in [0.25, 0.3) is 27.7 Å². The van der Waals surface area contributed by atoms with Crippen molar-refractivity contribution >= 4 is 28.2 Å². The van der Waals surface area contributed by atoms with Crippen molar-refractivity contribution < 1.29 is 9.18 Å². The Bertz CT molecular complexity index is 1700. The van der Waals surface area contributed by atoms with E-state index in [0.29, 0.717) is 28.3 Å². The van der Waals surface area contributed by atoms with Crippen molar-refractivity contribution in [2.45, 2.75) is 67.2 Å². The molecule has 1 heterocycles. The number of amides is 1. The van der Waals surface area contributed by atoms with Crippen molar-refractivity contribution in [2.24, 2.45) is 10.9 Å². The number of benzene rings is 3. The Kier molecular flexibility index (Phi) is 13.2. The predicted octanol–water partition coefficient (Wildman–Crippen LogP) is 9.98. The second-order valence-electron chi connectivity index (χ2n) is 10.4. The Balaban J connectivity index is 0.00000133. The Morgan fingerprint density at radius 3 is 2.36 bits per heavy atom. The number of aromatic nitrogens is 2. The molecule has 0 unspecified atom stereocenters. The maximum Gasteiger partial charge on any atom is 0.227 e. The molecule has 5 rings (SSSR count). The molecule has 0 bridgehead atoms. The molecule has 4 aromatic rings. The summed E-state index contributed by atoms with van der Waals surface area (Å²) < 4.78 is 14.7. The van der Waals surface area contributed by atoms with Crippen LogP contribution in [0.15, 0.2) is 96.2 Å².